The van der Waals surface area contributed by atoms with Crippen molar-refractivity contribution in [1.29, 1.82) is 0 Å². The molecule has 1 aliphatic heterocycles. The molecule has 0 spiro atoms. The maximum absolute atomic E-state index is 4.29. The van der Waals surface area contributed by atoms with E-state index in [-0.39, 0.29) is 5.54 Å². The van der Waals surface area contributed by atoms with Crippen molar-refractivity contribution in [1.82, 2.24) is 15.1 Å². The van der Waals surface area contributed by atoms with Gasteiger partial charge in [0.25, 0.3) is 0 Å². The molecule has 0 atom stereocenters. The summed E-state index contributed by atoms with van der Waals surface area (Å²) in [6.07, 6.45) is 1.87. The van der Waals surface area contributed by atoms with Crippen LogP contribution in [0, 0.1) is 0 Å². The number of hydrogen-bond acceptors (Lipinski definition) is 2. The molecule has 0 saturated heterocycles. The molecule has 60 valence electrons. The van der Waals surface area contributed by atoms with Gasteiger partial charge in [-0.15, -0.1) is 0 Å². The molecule has 3 heteroatoms. The van der Waals surface area contributed by atoms with Gasteiger partial charge in [-0.25, -0.2) is 0 Å². The molecule has 1 aromatic rings. The third-order valence-electron chi connectivity index (χ3n) is 2.16. The monoisotopic (exact) mass is 151 g/mol. The van der Waals surface area contributed by atoms with Crippen LogP contribution in [0.1, 0.15) is 19.5 Å². The van der Waals surface area contributed by atoms with Crippen molar-refractivity contribution < 1.29 is 0 Å². The molecule has 0 fully saturated rings. The van der Waals surface area contributed by atoms with E-state index in [0.29, 0.717) is 0 Å². The first-order valence-electron chi connectivity index (χ1n) is 3.94. The molecule has 1 aromatic heterocycles. The smallest absolute Gasteiger partial charge is 0.0699 e. The number of rotatable bonds is 0. The molecular weight excluding hydrogens is 138 g/mol. The molecule has 2 rings (SSSR count). The summed E-state index contributed by atoms with van der Waals surface area (Å²) in [4.78, 5) is 0. The van der Waals surface area contributed by atoms with Gasteiger partial charge in [-0.2, -0.15) is 5.10 Å². The molecule has 11 heavy (non-hydrogen) atoms. The van der Waals surface area contributed by atoms with Crippen LogP contribution in [0.15, 0.2) is 12.3 Å². The summed E-state index contributed by atoms with van der Waals surface area (Å²) in [7, 11) is 0. The number of nitrogens with one attached hydrogen (secondary N) is 1. The normalized spacial score (nSPS) is 21.3. The Bertz CT molecular complexity index is 262. The largest absolute Gasteiger partial charge is 0.309 e. The molecule has 3 nitrogen and oxygen atoms in total. The van der Waals surface area contributed by atoms with E-state index in [1.165, 1.54) is 5.69 Å². The van der Waals surface area contributed by atoms with Crippen LogP contribution in [0.3, 0.4) is 0 Å². The summed E-state index contributed by atoms with van der Waals surface area (Å²) in [5.41, 5.74) is 1.41. The topological polar surface area (TPSA) is 29.9 Å². The van der Waals surface area contributed by atoms with E-state index < -0.39 is 0 Å². The number of fused-ring (bicyclic) bond motifs is 1. The molecular formula is C8H13N3. The van der Waals surface area contributed by atoms with Gasteiger partial charge in [0.2, 0.25) is 0 Å². The van der Waals surface area contributed by atoms with Gasteiger partial charge in [-0.3, -0.25) is 4.68 Å². The molecule has 0 saturated carbocycles. The maximum atomic E-state index is 4.29. The van der Waals surface area contributed by atoms with E-state index in [0.717, 1.165) is 13.1 Å². The van der Waals surface area contributed by atoms with Crippen LogP contribution >= 0.6 is 0 Å². The standard InChI is InChI=1S/C8H13N3/c1-8(2)6-9-5-7-3-4-10-11(7)8/h3-4,9H,5-6H2,1-2H3. The lowest BCUT2D eigenvalue weighted by molar-refractivity contribution is 0.260. The summed E-state index contributed by atoms with van der Waals surface area (Å²) in [5.74, 6) is 0. The van der Waals surface area contributed by atoms with E-state index in [1.54, 1.807) is 0 Å². The molecule has 0 unspecified atom stereocenters. The Morgan fingerprint density at radius 1 is 1.64 bits per heavy atom. The highest BCUT2D eigenvalue weighted by molar-refractivity contribution is 5.06. The zero-order chi connectivity index (χ0) is 7.90. The lowest BCUT2D eigenvalue weighted by Gasteiger charge is -2.32. The summed E-state index contributed by atoms with van der Waals surface area (Å²) < 4.78 is 2.10. The number of aromatic nitrogens is 2. The third kappa shape index (κ3) is 0.959. The van der Waals surface area contributed by atoms with Crippen LogP contribution in [0.5, 0.6) is 0 Å². The molecule has 0 bridgehead atoms. The van der Waals surface area contributed by atoms with Gasteiger partial charge in [-0.05, 0) is 19.9 Å². The lowest BCUT2D eigenvalue weighted by atomic mass is 10.0. The fourth-order valence-electron chi connectivity index (χ4n) is 1.58. The van der Waals surface area contributed by atoms with Crippen LogP contribution in [-0.4, -0.2) is 16.3 Å². The van der Waals surface area contributed by atoms with E-state index in [9.17, 15) is 0 Å². The summed E-state index contributed by atoms with van der Waals surface area (Å²) >= 11 is 0. The van der Waals surface area contributed by atoms with Gasteiger partial charge in [0.05, 0.1) is 11.2 Å². The second-order valence-corrected chi connectivity index (χ2v) is 3.65. The van der Waals surface area contributed by atoms with Crippen LogP contribution < -0.4 is 5.32 Å². The van der Waals surface area contributed by atoms with Crippen molar-refractivity contribution in [3.05, 3.63) is 18.0 Å². The first-order chi connectivity index (χ1) is 5.20. The zero-order valence-corrected chi connectivity index (χ0v) is 6.96. The molecule has 2 heterocycles. The van der Waals surface area contributed by atoms with E-state index >= 15 is 0 Å². The Hall–Kier alpha value is -0.830. The minimum Gasteiger partial charge on any atom is -0.309 e. The van der Waals surface area contributed by atoms with Crippen LogP contribution in [0.4, 0.5) is 0 Å². The zero-order valence-electron chi connectivity index (χ0n) is 6.96. The predicted molar refractivity (Wildman–Crippen MR) is 43.3 cm³/mol. The first kappa shape index (κ1) is 6.85. The fraction of sp³-hybridized carbons (Fsp3) is 0.625. The van der Waals surface area contributed by atoms with Gasteiger partial charge in [0, 0.05) is 19.3 Å². The SMILES string of the molecule is CC1(C)CNCc2ccnn21. The maximum Gasteiger partial charge on any atom is 0.0699 e. The lowest BCUT2D eigenvalue weighted by Crippen LogP contribution is -2.44. The number of nitrogens with zero attached hydrogens (tertiary/aromatic N) is 2. The van der Waals surface area contributed by atoms with Crippen LogP contribution in [0.25, 0.3) is 0 Å². The van der Waals surface area contributed by atoms with Crippen molar-refractivity contribution >= 4 is 0 Å². The number of hydrogen-bond donors (Lipinski definition) is 1. The molecule has 0 aromatic carbocycles. The Labute approximate surface area is 66.4 Å². The minimum absolute atomic E-state index is 0.136. The summed E-state index contributed by atoms with van der Waals surface area (Å²) in [6.45, 7) is 6.33. The quantitative estimate of drug-likeness (QED) is 0.592. The van der Waals surface area contributed by atoms with Crippen LogP contribution in [0.2, 0.25) is 0 Å². The minimum atomic E-state index is 0.136. The molecule has 1 aliphatic rings. The average molecular weight is 151 g/mol. The predicted octanol–water partition coefficient (Wildman–Crippen LogP) is 0.721. The van der Waals surface area contributed by atoms with Gasteiger partial charge in [0.1, 0.15) is 0 Å². The molecule has 0 amide bonds. The highest BCUT2D eigenvalue weighted by Gasteiger charge is 2.26. The highest BCUT2D eigenvalue weighted by Crippen LogP contribution is 2.19. The molecule has 0 aliphatic carbocycles. The van der Waals surface area contributed by atoms with Crippen molar-refractivity contribution in [2.24, 2.45) is 0 Å². The van der Waals surface area contributed by atoms with E-state index in [1.807, 2.05) is 6.20 Å². The van der Waals surface area contributed by atoms with Crippen molar-refractivity contribution in [3.8, 4) is 0 Å². The fourth-order valence-corrected chi connectivity index (χ4v) is 1.58. The van der Waals surface area contributed by atoms with Gasteiger partial charge in [-0.1, -0.05) is 0 Å². The highest BCUT2D eigenvalue weighted by atomic mass is 15.3. The Morgan fingerprint density at radius 3 is 3.18 bits per heavy atom. The Balaban J connectivity index is 2.48. The first-order valence-corrected chi connectivity index (χ1v) is 3.94. The van der Waals surface area contributed by atoms with Crippen LogP contribution in [-0.2, 0) is 12.1 Å². The van der Waals surface area contributed by atoms with E-state index in [2.05, 4.69) is 35.0 Å². The summed E-state index contributed by atoms with van der Waals surface area (Å²) in [6, 6.07) is 2.06. The van der Waals surface area contributed by atoms with Crippen molar-refractivity contribution in [2.75, 3.05) is 6.54 Å². The second-order valence-electron chi connectivity index (χ2n) is 3.65. The van der Waals surface area contributed by atoms with Crippen molar-refractivity contribution in [3.63, 3.8) is 0 Å². The average Bonchev–Trinajstić information content (AvgIpc) is 2.34. The Morgan fingerprint density at radius 2 is 2.45 bits per heavy atom. The Kier molecular flexibility index (Phi) is 1.29. The third-order valence-corrected chi connectivity index (χ3v) is 2.16. The van der Waals surface area contributed by atoms with Crippen molar-refractivity contribution in [2.45, 2.75) is 25.9 Å². The molecule has 0 radical (unpaired) electrons. The van der Waals surface area contributed by atoms with E-state index in [4.69, 9.17) is 0 Å². The molecule has 1 N–H and O–H groups in total. The second kappa shape index (κ2) is 2.08. The summed E-state index contributed by atoms with van der Waals surface area (Å²) in [5, 5.41) is 7.64. The van der Waals surface area contributed by atoms with Gasteiger partial charge in [0.15, 0.2) is 0 Å². The van der Waals surface area contributed by atoms with Gasteiger partial charge < -0.3 is 5.32 Å². The van der Waals surface area contributed by atoms with Gasteiger partial charge >= 0.3 is 0 Å².